The van der Waals surface area contributed by atoms with E-state index in [-0.39, 0.29) is 16.8 Å². The van der Waals surface area contributed by atoms with E-state index in [2.05, 4.69) is 55.3 Å². The van der Waals surface area contributed by atoms with Gasteiger partial charge in [0.15, 0.2) is 11.4 Å². The van der Waals surface area contributed by atoms with Gasteiger partial charge in [0.05, 0.1) is 21.9 Å². The van der Waals surface area contributed by atoms with Crippen LogP contribution in [0.15, 0.2) is 29.1 Å². The van der Waals surface area contributed by atoms with Crippen LogP contribution in [-0.2, 0) is 19.4 Å². The monoisotopic (exact) mass is 735 g/mol. The first-order chi connectivity index (χ1) is 22.2. The van der Waals surface area contributed by atoms with Gasteiger partial charge in [0.2, 0.25) is 0 Å². The quantitative estimate of drug-likeness (QED) is 0.159. The molecule has 0 aliphatic carbocycles. The lowest BCUT2D eigenvalue weighted by Gasteiger charge is -2.15. The highest BCUT2D eigenvalue weighted by molar-refractivity contribution is 7.14. The number of carbonyl (C=O) groups is 2. The molecule has 16 heteroatoms. The topological polar surface area (TPSA) is 88.9 Å². The van der Waals surface area contributed by atoms with Crippen molar-refractivity contribution in [3.05, 3.63) is 65.7 Å². The minimum absolute atomic E-state index is 0.214. The molecular formula is C32H39F6N5O2S3. The van der Waals surface area contributed by atoms with E-state index >= 15 is 0 Å². The molecule has 2 N–H and O–H groups in total. The number of alkyl halides is 6. The molecule has 2 unspecified atom stereocenters. The fraction of sp³-hybridized carbons (Fsp3) is 0.500. The molecule has 0 radical (unpaired) electrons. The van der Waals surface area contributed by atoms with Gasteiger partial charge in [0.1, 0.15) is 4.88 Å². The number of aromatic nitrogens is 3. The van der Waals surface area contributed by atoms with E-state index in [0.717, 1.165) is 44.8 Å². The zero-order valence-electron chi connectivity index (χ0n) is 27.8. The minimum atomic E-state index is -4.67. The average molecular weight is 736 g/mol. The van der Waals surface area contributed by atoms with Crippen LogP contribution in [0.4, 0.5) is 37.7 Å². The lowest BCUT2D eigenvalue weighted by molar-refractivity contribution is -0.142. The Bertz CT molecular complexity index is 1560. The number of hydrogen-bond acceptors (Lipinski definition) is 7. The number of anilines is 2. The number of aryl methyl sites for hydroxylation is 2. The second-order valence-electron chi connectivity index (χ2n) is 12.3. The maximum Gasteiger partial charge on any atom is 0.435 e. The first kappa shape index (κ1) is 39.2. The molecule has 0 aliphatic heterocycles. The summed E-state index contributed by atoms with van der Waals surface area (Å²) >= 11 is 3.75. The van der Waals surface area contributed by atoms with Crippen molar-refractivity contribution in [2.24, 2.45) is 18.9 Å². The zero-order chi connectivity index (χ0) is 36.1. The van der Waals surface area contributed by atoms with E-state index in [1.165, 1.54) is 36.6 Å². The Morgan fingerprint density at radius 1 is 0.792 bits per heavy atom. The average Bonchev–Trinajstić information content (AvgIpc) is 3.73. The Kier molecular flexibility index (Phi) is 13.1. The van der Waals surface area contributed by atoms with E-state index < -0.39 is 46.0 Å². The van der Waals surface area contributed by atoms with Crippen molar-refractivity contribution < 1.29 is 35.9 Å². The Labute approximate surface area is 287 Å². The van der Waals surface area contributed by atoms with E-state index in [9.17, 15) is 35.9 Å². The van der Waals surface area contributed by atoms with Gasteiger partial charge >= 0.3 is 12.4 Å². The van der Waals surface area contributed by atoms with Crippen LogP contribution in [0, 0.1) is 18.8 Å². The lowest BCUT2D eigenvalue weighted by Crippen LogP contribution is -2.18. The largest absolute Gasteiger partial charge is 0.435 e. The summed E-state index contributed by atoms with van der Waals surface area (Å²) in [6, 6.07) is 3.45. The third-order valence-electron chi connectivity index (χ3n) is 6.98. The molecule has 2 amide bonds. The second kappa shape index (κ2) is 16.0. The number of hydrogen-bond donors (Lipinski definition) is 2. The van der Waals surface area contributed by atoms with Crippen LogP contribution in [0.1, 0.15) is 112 Å². The Balaban J connectivity index is 0.000000260. The van der Waals surface area contributed by atoms with Crippen molar-refractivity contribution in [3.8, 4) is 0 Å². The van der Waals surface area contributed by atoms with Crippen molar-refractivity contribution in [3.63, 3.8) is 0 Å². The molecule has 4 heterocycles. The van der Waals surface area contributed by atoms with Crippen molar-refractivity contribution in [1.82, 2.24) is 14.8 Å². The molecule has 0 saturated carbocycles. The molecule has 4 aromatic heterocycles. The van der Waals surface area contributed by atoms with E-state index in [1.807, 2.05) is 17.7 Å². The summed E-state index contributed by atoms with van der Waals surface area (Å²) in [4.78, 5) is 29.7. The van der Waals surface area contributed by atoms with Gasteiger partial charge in [0.25, 0.3) is 11.8 Å². The number of halogens is 6. The number of thiazole rings is 1. The number of nitrogens with one attached hydrogen (secondary N) is 2. The van der Waals surface area contributed by atoms with Crippen LogP contribution < -0.4 is 10.6 Å². The van der Waals surface area contributed by atoms with Crippen LogP contribution in [0.25, 0.3) is 0 Å². The molecule has 0 fully saturated rings. The Morgan fingerprint density at radius 3 is 1.69 bits per heavy atom. The van der Waals surface area contributed by atoms with Crippen LogP contribution in [-0.4, -0.2) is 26.6 Å². The Hall–Kier alpha value is -3.24. The number of carbonyl (C=O) groups excluding carboxylic acids is 2. The predicted octanol–water partition coefficient (Wildman–Crippen LogP) is 10.8. The number of thiophene rings is 2. The fourth-order valence-electron chi connectivity index (χ4n) is 5.25. The van der Waals surface area contributed by atoms with Gasteiger partial charge in [-0.05, 0) is 66.3 Å². The molecule has 4 rings (SSSR count). The van der Waals surface area contributed by atoms with Gasteiger partial charge in [-0.15, -0.1) is 34.0 Å². The van der Waals surface area contributed by atoms with Crippen LogP contribution in [0.2, 0.25) is 0 Å². The summed E-state index contributed by atoms with van der Waals surface area (Å²) in [6.07, 6.45) is -6.35. The smallest absolute Gasteiger partial charge is 0.321 e. The standard InChI is InChI=1S/C16H20F3N3OS.C16H19F3N2OS2/c1-9(2)7-10(3)13-12(5-6-24-13)20-15(23)11-8-22(4)21-14(11)16(17,18)19;1-8(2)7-9(3)12-11(5-6-23-12)21-15(22)13-14(16(17,18)19)20-10(4)24-13/h5-6,8-10H,7H2,1-4H3,(H,20,23);5-6,8-9H,7H2,1-4H3,(H,21,22). The van der Waals surface area contributed by atoms with Gasteiger partial charge in [-0.2, -0.15) is 31.4 Å². The summed E-state index contributed by atoms with van der Waals surface area (Å²) in [6.45, 7) is 14.0. The normalized spacial score (nSPS) is 13.3. The molecule has 0 bridgehead atoms. The molecule has 0 aromatic carbocycles. The van der Waals surface area contributed by atoms with Crippen LogP contribution >= 0.6 is 34.0 Å². The number of nitrogens with zero attached hydrogens (tertiary/aromatic N) is 3. The van der Waals surface area contributed by atoms with Gasteiger partial charge in [-0.25, -0.2) is 4.98 Å². The van der Waals surface area contributed by atoms with Crippen LogP contribution in [0.5, 0.6) is 0 Å². The SMILES string of the molecule is CC(C)CC(C)c1sccc1NC(=O)c1cn(C)nc1C(F)(F)F.Cc1nc(C(F)(F)F)c(C(=O)Nc2ccsc2C(C)CC(C)C)s1. The molecule has 7 nitrogen and oxygen atoms in total. The molecule has 4 aromatic rings. The van der Waals surface area contributed by atoms with Gasteiger partial charge < -0.3 is 10.6 Å². The van der Waals surface area contributed by atoms with Crippen molar-refractivity contribution in [2.75, 3.05) is 10.6 Å². The van der Waals surface area contributed by atoms with Gasteiger partial charge in [-0.3, -0.25) is 14.3 Å². The summed E-state index contributed by atoms with van der Waals surface area (Å²) in [5, 5.41) is 12.5. The summed E-state index contributed by atoms with van der Waals surface area (Å²) in [5.74, 6) is -0.134. The number of rotatable bonds is 10. The number of amides is 2. The Morgan fingerprint density at radius 2 is 1.25 bits per heavy atom. The van der Waals surface area contributed by atoms with Crippen LogP contribution in [0.3, 0.4) is 0 Å². The first-order valence-corrected chi connectivity index (χ1v) is 17.7. The highest BCUT2D eigenvalue weighted by Crippen LogP contribution is 2.38. The third kappa shape index (κ3) is 10.4. The maximum absolute atomic E-state index is 13.0. The summed E-state index contributed by atoms with van der Waals surface area (Å²) in [7, 11) is 1.35. The summed E-state index contributed by atoms with van der Waals surface area (Å²) in [5.41, 5.74) is -1.62. The first-order valence-electron chi connectivity index (χ1n) is 15.1. The molecule has 2 atom stereocenters. The molecule has 0 aliphatic rings. The predicted molar refractivity (Wildman–Crippen MR) is 180 cm³/mol. The van der Waals surface area contributed by atoms with E-state index in [4.69, 9.17) is 0 Å². The van der Waals surface area contributed by atoms with E-state index in [0.29, 0.717) is 23.2 Å². The molecule has 48 heavy (non-hydrogen) atoms. The maximum atomic E-state index is 13.0. The molecule has 0 saturated heterocycles. The zero-order valence-corrected chi connectivity index (χ0v) is 30.2. The lowest BCUT2D eigenvalue weighted by atomic mass is 9.97. The highest BCUT2D eigenvalue weighted by Gasteiger charge is 2.40. The molecular weight excluding hydrogens is 697 g/mol. The summed E-state index contributed by atoms with van der Waals surface area (Å²) < 4.78 is 79.0. The molecule has 264 valence electrons. The van der Waals surface area contributed by atoms with Crippen molar-refractivity contribution >= 4 is 57.2 Å². The molecule has 0 spiro atoms. The van der Waals surface area contributed by atoms with E-state index in [1.54, 1.807) is 12.1 Å². The fourth-order valence-corrected chi connectivity index (χ4v) is 7.93. The highest BCUT2D eigenvalue weighted by atomic mass is 32.1. The van der Waals surface area contributed by atoms with Gasteiger partial charge in [-0.1, -0.05) is 41.5 Å². The van der Waals surface area contributed by atoms with Crippen molar-refractivity contribution in [2.45, 2.75) is 85.5 Å². The second-order valence-corrected chi connectivity index (χ2v) is 15.4. The van der Waals surface area contributed by atoms with Gasteiger partial charge in [0, 0.05) is 23.0 Å². The third-order valence-corrected chi connectivity index (χ3v) is 10.2. The van der Waals surface area contributed by atoms with Crippen molar-refractivity contribution in [1.29, 1.82) is 0 Å². The minimum Gasteiger partial charge on any atom is -0.321 e.